The second-order valence-electron chi connectivity index (χ2n) is 6.82. The molecule has 5 nitrogen and oxygen atoms in total. The first kappa shape index (κ1) is 18.1. The average molecular weight is 361 g/mol. The first-order valence-electron chi connectivity index (χ1n) is 9.17. The van der Waals surface area contributed by atoms with E-state index in [1.54, 1.807) is 7.05 Å². The van der Waals surface area contributed by atoms with E-state index < -0.39 is 0 Å². The highest BCUT2D eigenvalue weighted by molar-refractivity contribution is 8.01. The normalized spacial score (nSPS) is 19.4. The molecule has 3 rings (SSSR count). The molecule has 6 heteroatoms. The van der Waals surface area contributed by atoms with Crippen LogP contribution in [0, 0.1) is 0 Å². The molecule has 0 atom stereocenters. The summed E-state index contributed by atoms with van der Waals surface area (Å²) < 4.78 is 0.260. The molecule has 1 saturated heterocycles. The van der Waals surface area contributed by atoms with Gasteiger partial charge in [0.2, 0.25) is 5.91 Å². The highest BCUT2D eigenvalue weighted by Gasteiger charge is 2.43. The number of guanidine groups is 1. The quantitative estimate of drug-likeness (QED) is 0.604. The number of benzene rings is 1. The van der Waals surface area contributed by atoms with E-state index in [1.807, 2.05) is 22.7 Å². The summed E-state index contributed by atoms with van der Waals surface area (Å²) in [4.78, 5) is 19.8. The van der Waals surface area contributed by atoms with Crippen molar-refractivity contribution in [3.05, 3.63) is 30.3 Å². The van der Waals surface area contributed by atoms with Gasteiger partial charge in [-0.25, -0.2) is 0 Å². The van der Waals surface area contributed by atoms with Gasteiger partial charge >= 0.3 is 0 Å². The number of likely N-dealkylation sites (tertiary alicyclic amines) is 1. The van der Waals surface area contributed by atoms with Crippen LogP contribution in [-0.2, 0) is 4.79 Å². The second kappa shape index (κ2) is 8.61. The van der Waals surface area contributed by atoms with Crippen molar-refractivity contribution in [1.29, 1.82) is 0 Å². The van der Waals surface area contributed by atoms with Gasteiger partial charge in [-0.05, 0) is 44.2 Å². The third kappa shape index (κ3) is 5.39. The predicted molar refractivity (Wildman–Crippen MR) is 104 cm³/mol. The van der Waals surface area contributed by atoms with E-state index in [0.29, 0.717) is 12.5 Å². The molecule has 2 fully saturated rings. The van der Waals surface area contributed by atoms with Gasteiger partial charge in [0.1, 0.15) is 0 Å². The van der Waals surface area contributed by atoms with Gasteiger partial charge in [0.05, 0.1) is 6.54 Å². The Balaban J connectivity index is 1.42. The van der Waals surface area contributed by atoms with E-state index in [0.717, 1.165) is 32.5 Å². The van der Waals surface area contributed by atoms with E-state index in [1.165, 1.54) is 24.2 Å². The second-order valence-corrected chi connectivity index (χ2v) is 8.36. The lowest BCUT2D eigenvalue weighted by molar-refractivity contribution is -0.130. The van der Waals surface area contributed by atoms with Crippen LogP contribution in [0.25, 0.3) is 0 Å². The molecule has 2 N–H and O–H groups in total. The third-order valence-electron chi connectivity index (χ3n) is 4.80. The van der Waals surface area contributed by atoms with Crippen molar-refractivity contribution in [1.82, 2.24) is 15.5 Å². The van der Waals surface area contributed by atoms with Crippen LogP contribution >= 0.6 is 11.8 Å². The van der Waals surface area contributed by atoms with Crippen LogP contribution < -0.4 is 10.6 Å². The van der Waals surface area contributed by atoms with Crippen LogP contribution in [0.2, 0.25) is 0 Å². The van der Waals surface area contributed by atoms with Gasteiger partial charge in [-0.2, -0.15) is 0 Å². The van der Waals surface area contributed by atoms with Crippen LogP contribution in [0.3, 0.4) is 0 Å². The van der Waals surface area contributed by atoms with E-state index in [2.05, 4.69) is 39.9 Å². The highest BCUT2D eigenvalue weighted by Crippen LogP contribution is 2.51. The smallest absolute Gasteiger partial charge is 0.241 e. The first-order chi connectivity index (χ1) is 12.2. The van der Waals surface area contributed by atoms with E-state index in [9.17, 15) is 4.79 Å². The Morgan fingerprint density at radius 2 is 1.88 bits per heavy atom. The summed E-state index contributed by atoms with van der Waals surface area (Å²) in [5, 5.41) is 6.57. The van der Waals surface area contributed by atoms with E-state index >= 15 is 0 Å². The van der Waals surface area contributed by atoms with Crippen molar-refractivity contribution < 1.29 is 4.79 Å². The maximum atomic E-state index is 12.2. The summed E-state index contributed by atoms with van der Waals surface area (Å²) in [6.45, 7) is 2.97. The zero-order valence-electron chi connectivity index (χ0n) is 15.0. The average Bonchev–Trinajstić information content (AvgIpc) is 3.42. The predicted octanol–water partition coefficient (Wildman–Crippen LogP) is 2.49. The number of aliphatic imine (C=N–C) groups is 1. The number of hydrogen-bond acceptors (Lipinski definition) is 3. The zero-order chi connectivity index (χ0) is 17.5. The number of rotatable bonds is 6. The summed E-state index contributed by atoms with van der Waals surface area (Å²) in [7, 11) is 1.75. The summed E-state index contributed by atoms with van der Waals surface area (Å²) in [6, 6.07) is 10.5. The molecule has 1 amide bonds. The lowest BCUT2D eigenvalue weighted by Crippen LogP contribution is -2.47. The minimum absolute atomic E-state index is 0.169. The number of hydrogen-bond donors (Lipinski definition) is 2. The molecule has 1 saturated carbocycles. The fraction of sp³-hybridized carbons (Fsp3) is 0.579. The van der Waals surface area contributed by atoms with Gasteiger partial charge in [-0.15, -0.1) is 11.8 Å². The Morgan fingerprint density at radius 1 is 1.16 bits per heavy atom. The van der Waals surface area contributed by atoms with Crippen LogP contribution in [0.5, 0.6) is 0 Å². The summed E-state index contributed by atoms with van der Waals surface area (Å²) in [5.41, 5.74) is 0. The molecule has 0 radical (unpaired) electrons. The van der Waals surface area contributed by atoms with Gasteiger partial charge in [0.15, 0.2) is 5.96 Å². The van der Waals surface area contributed by atoms with E-state index in [-0.39, 0.29) is 10.7 Å². The largest absolute Gasteiger partial charge is 0.355 e. The molecular weight excluding hydrogens is 332 g/mol. The molecule has 0 bridgehead atoms. The number of carbonyl (C=O) groups excluding carboxylic acids is 1. The third-order valence-corrected chi connectivity index (χ3v) is 6.30. The zero-order valence-corrected chi connectivity index (χ0v) is 15.8. The Labute approximate surface area is 154 Å². The first-order valence-corrected chi connectivity index (χ1v) is 9.99. The Hall–Kier alpha value is -1.69. The van der Waals surface area contributed by atoms with Crippen molar-refractivity contribution in [2.45, 2.75) is 41.7 Å². The molecule has 1 aliphatic carbocycles. The van der Waals surface area contributed by atoms with Crippen molar-refractivity contribution in [2.75, 3.05) is 33.2 Å². The monoisotopic (exact) mass is 360 g/mol. The lowest BCUT2D eigenvalue weighted by Gasteiger charge is -2.27. The van der Waals surface area contributed by atoms with E-state index in [4.69, 9.17) is 0 Å². The van der Waals surface area contributed by atoms with Gasteiger partial charge in [0.25, 0.3) is 0 Å². The molecule has 1 aromatic rings. The molecule has 1 aromatic carbocycles. The molecule has 2 aliphatic rings. The summed E-state index contributed by atoms with van der Waals surface area (Å²) in [5.74, 6) is 0.882. The number of piperidine rings is 1. The van der Waals surface area contributed by atoms with Crippen LogP contribution in [0.1, 0.15) is 32.1 Å². The van der Waals surface area contributed by atoms with Gasteiger partial charge in [-0.1, -0.05) is 18.2 Å². The van der Waals surface area contributed by atoms with Crippen LogP contribution in [0.4, 0.5) is 0 Å². The Bertz CT molecular complexity index is 595. The highest BCUT2D eigenvalue weighted by atomic mass is 32.2. The molecule has 0 aromatic heterocycles. The molecule has 136 valence electrons. The lowest BCUT2D eigenvalue weighted by atomic mass is 10.1. The molecule has 1 heterocycles. The standard InChI is InChI=1S/C19H28N4OS/c1-20-18(21-14-17(24)23-12-6-3-7-13-23)22-15-19(10-11-19)25-16-8-4-2-5-9-16/h2,4-5,8-9H,3,6-7,10-15H2,1H3,(H2,20,21,22). The van der Waals surface area contributed by atoms with Crippen LogP contribution in [0.15, 0.2) is 40.2 Å². The number of amides is 1. The molecular formula is C19H28N4OS. The number of nitrogens with zero attached hydrogens (tertiary/aromatic N) is 2. The van der Waals surface area contributed by atoms with Gasteiger partial charge < -0.3 is 15.5 Å². The van der Waals surface area contributed by atoms with Gasteiger partial charge in [-0.3, -0.25) is 9.79 Å². The SMILES string of the molecule is CN=C(NCC(=O)N1CCCCC1)NCC1(Sc2ccccc2)CC1. The molecule has 25 heavy (non-hydrogen) atoms. The fourth-order valence-corrected chi connectivity index (χ4v) is 4.32. The Morgan fingerprint density at radius 3 is 2.52 bits per heavy atom. The minimum Gasteiger partial charge on any atom is -0.355 e. The fourth-order valence-electron chi connectivity index (χ4n) is 3.07. The molecule has 1 aliphatic heterocycles. The Kier molecular flexibility index (Phi) is 6.24. The number of carbonyl (C=O) groups is 1. The van der Waals surface area contributed by atoms with Crippen molar-refractivity contribution in [3.63, 3.8) is 0 Å². The number of nitrogens with one attached hydrogen (secondary N) is 2. The maximum Gasteiger partial charge on any atom is 0.241 e. The number of thioether (sulfide) groups is 1. The maximum absolute atomic E-state index is 12.2. The topological polar surface area (TPSA) is 56.7 Å². The van der Waals surface area contributed by atoms with Gasteiger partial charge in [0, 0.05) is 36.3 Å². The molecule has 0 unspecified atom stereocenters. The van der Waals surface area contributed by atoms with Crippen molar-refractivity contribution in [3.8, 4) is 0 Å². The van der Waals surface area contributed by atoms with Crippen LogP contribution in [-0.4, -0.2) is 54.7 Å². The molecule has 0 spiro atoms. The van der Waals surface area contributed by atoms with Crippen molar-refractivity contribution in [2.24, 2.45) is 4.99 Å². The van der Waals surface area contributed by atoms with Crippen molar-refractivity contribution >= 4 is 23.6 Å². The summed E-state index contributed by atoms with van der Waals surface area (Å²) >= 11 is 1.94. The summed E-state index contributed by atoms with van der Waals surface area (Å²) in [6.07, 6.45) is 5.91. The minimum atomic E-state index is 0.169.